The number of aryl methyl sites for hydroxylation is 1. The van der Waals surface area contributed by atoms with Crippen molar-refractivity contribution in [2.45, 2.75) is 19.6 Å². The molecule has 7 nitrogen and oxygen atoms in total. The fourth-order valence-corrected chi connectivity index (χ4v) is 4.12. The second-order valence-electron chi connectivity index (χ2n) is 9.01. The summed E-state index contributed by atoms with van der Waals surface area (Å²) in [6.45, 7) is 2.49. The Balaban J connectivity index is 1.33. The summed E-state index contributed by atoms with van der Waals surface area (Å²) in [6.07, 6.45) is 6.47. The normalized spacial score (nSPS) is 11.2. The van der Waals surface area contributed by atoms with E-state index in [1.54, 1.807) is 6.33 Å². The van der Waals surface area contributed by atoms with E-state index in [2.05, 4.69) is 68.1 Å². The molecule has 3 aromatic carbocycles. The van der Waals surface area contributed by atoms with Gasteiger partial charge in [-0.1, -0.05) is 36.4 Å². The van der Waals surface area contributed by atoms with Crippen LogP contribution in [0.3, 0.4) is 0 Å². The van der Waals surface area contributed by atoms with Gasteiger partial charge in [0.2, 0.25) is 0 Å². The number of anilines is 2. The topological polar surface area (TPSA) is 68.1 Å². The average Bonchev–Trinajstić information content (AvgIpc) is 3.37. The molecular formula is C29H30N6O. The smallest absolute Gasteiger partial charge is 0.141 e. The third kappa shape index (κ3) is 5.70. The summed E-state index contributed by atoms with van der Waals surface area (Å²) >= 11 is 0. The minimum Gasteiger partial charge on any atom is -0.489 e. The van der Waals surface area contributed by atoms with E-state index in [1.807, 2.05) is 61.1 Å². The molecular weight excluding hydrogens is 448 g/mol. The average molecular weight is 479 g/mol. The molecule has 5 aromatic rings. The van der Waals surface area contributed by atoms with Crippen molar-refractivity contribution in [1.82, 2.24) is 24.4 Å². The van der Waals surface area contributed by atoms with Crippen LogP contribution >= 0.6 is 0 Å². The Morgan fingerprint density at radius 3 is 2.58 bits per heavy atom. The standard InChI is InChI=1S/C29H30N6O/c1-34(2)15-6-16-35-21-30-18-28(35)23-9-14-27-26(17-23)29(32-20-31-27)33-24-10-12-25(13-11-24)36-19-22-7-4-3-5-8-22/h3-5,7-14,17-18,20-21H,6,15-16,19H2,1-2H3,(H,31,32,33). The molecule has 0 saturated heterocycles. The van der Waals surface area contributed by atoms with E-state index in [0.717, 1.165) is 64.5 Å². The van der Waals surface area contributed by atoms with Crippen LogP contribution in [-0.2, 0) is 13.2 Å². The lowest BCUT2D eigenvalue weighted by Crippen LogP contribution is -2.15. The van der Waals surface area contributed by atoms with Crippen LogP contribution < -0.4 is 10.1 Å². The number of hydrogen-bond acceptors (Lipinski definition) is 6. The molecule has 0 fully saturated rings. The predicted molar refractivity (Wildman–Crippen MR) is 144 cm³/mol. The molecule has 5 rings (SSSR count). The van der Waals surface area contributed by atoms with Gasteiger partial charge in [-0.15, -0.1) is 0 Å². The lowest BCUT2D eigenvalue weighted by atomic mass is 10.1. The summed E-state index contributed by atoms with van der Waals surface area (Å²) in [5, 5.41) is 4.41. The first kappa shape index (κ1) is 23.5. The molecule has 7 heteroatoms. The van der Waals surface area contributed by atoms with Crippen molar-refractivity contribution in [3.63, 3.8) is 0 Å². The molecule has 2 aromatic heterocycles. The number of hydrogen-bond donors (Lipinski definition) is 1. The summed E-state index contributed by atoms with van der Waals surface area (Å²) < 4.78 is 8.12. The highest BCUT2D eigenvalue weighted by Gasteiger charge is 2.10. The summed E-state index contributed by atoms with van der Waals surface area (Å²) in [4.78, 5) is 15.6. The molecule has 0 bridgehead atoms. The van der Waals surface area contributed by atoms with Crippen LogP contribution in [-0.4, -0.2) is 45.1 Å². The van der Waals surface area contributed by atoms with Gasteiger partial charge >= 0.3 is 0 Å². The van der Waals surface area contributed by atoms with Gasteiger partial charge in [0.25, 0.3) is 0 Å². The number of nitrogens with one attached hydrogen (secondary N) is 1. The van der Waals surface area contributed by atoms with Gasteiger partial charge < -0.3 is 19.5 Å². The van der Waals surface area contributed by atoms with Crippen molar-refractivity contribution in [3.8, 4) is 17.0 Å². The van der Waals surface area contributed by atoms with Gasteiger partial charge in [-0.05, 0) is 69.0 Å². The molecule has 36 heavy (non-hydrogen) atoms. The first-order valence-corrected chi connectivity index (χ1v) is 12.1. The van der Waals surface area contributed by atoms with Gasteiger partial charge in [-0.3, -0.25) is 0 Å². The van der Waals surface area contributed by atoms with Crippen LogP contribution in [0.1, 0.15) is 12.0 Å². The summed E-state index contributed by atoms with van der Waals surface area (Å²) in [5.74, 6) is 1.58. The fourth-order valence-electron chi connectivity index (χ4n) is 4.12. The number of aromatic nitrogens is 4. The highest BCUT2D eigenvalue weighted by molar-refractivity contribution is 5.93. The zero-order valence-corrected chi connectivity index (χ0v) is 20.6. The summed E-state index contributed by atoms with van der Waals surface area (Å²) in [6, 6.07) is 24.3. The van der Waals surface area contributed by atoms with E-state index in [-0.39, 0.29) is 0 Å². The maximum absolute atomic E-state index is 5.91. The number of rotatable bonds is 10. The van der Waals surface area contributed by atoms with Crippen molar-refractivity contribution in [1.29, 1.82) is 0 Å². The first-order valence-electron chi connectivity index (χ1n) is 12.1. The van der Waals surface area contributed by atoms with E-state index in [1.165, 1.54) is 0 Å². The minimum absolute atomic E-state index is 0.540. The van der Waals surface area contributed by atoms with Crippen LogP contribution in [0.15, 0.2) is 91.6 Å². The Morgan fingerprint density at radius 2 is 1.78 bits per heavy atom. The SMILES string of the molecule is CN(C)CCCn1cncc1-c1ccc2ncnc(Nc3ccc(OCc4ccccc4)cc3)c2c1. The van der Waals surface area contributed by atoms with Crippen LogP contribution in [0.2, 0.25) is 0 Å². The Morgan fingerprint density at radius 1 is 0.944 bits per heavy atom. The van der Waals surface area contributed by atoms with Gasteiger partial charge in [0.1, 0.15) is 24.5 Å². The second kappa shape index (κ2) is 11.0. The van der Waals surface area contributed by atoms with E-state index in [4.69, 9.17) is 4.74 Å². The van der Waals surface area contributed by atoms with Crippen molar-refractivity contribution in [3.05, 3.63) is 97.2 Å². The number of imidazole rings is 1. The highest BCUT2D eigenvalue weighted by atomic mass is 16.5. The fraction of sp³-hybridized carbons (Fsp3) is 0.207. The molecule has 0 unspecified atom stereocenters. The van der Waals surface area contributed by atoms with Gasteiger partial charge in [0.15, 0.2) is 0 Å². The molecule has 0 aliphatic heterocycles. The van der Waals surface area contributed by atoms with Gasteiger partial charge in [0.05, 0.1) is 23.7 Å². The summed E-state index contributed by atoms with van der Waals surface area (Å²) in [5.41, 5.74) is 5.14. The van der Waals surface area contributed by atoms with Crippen LogP contribution in [0, 0.1) is 0 Å². The zero-order chi connectivity index (χ0) is 24.7. The first-order chi connectivity index (χ1) is 17.7. The quantitative estimate of drug-likeness (QED) is 0.275. The summed E-state index contributed by atoms with van der Waals surface area (Å²) in [7, 11) is 4.19. The van der Waals surface area contributed by atoms with E-state index in [9.17, 15) is 0 Å². The third-order valence-electron chi connectivity index (χ3n) is 6.01. The second-order valence-corrected chi connectivity index (χ2v) is 9.01. The van der Waals surface area contributed by atoms with Gasteiger partial charge in [-0.25, -0.2) is 15.0 Å². The molecule has 0 spiro atoms. The molecule has 0 saturated carbocycles. The van der Waals surface area contributed by atoms with Crippen molar-refractivity contribution < 1.29 is 4.74 Å². The van der Waals surface area contributed by atoms with E-state index >= 15 is 0 Å². The molecule has 0 radical (unpaired) electrons. The van der Waals surface area contributed by atoms with Gasteiger partial charge in [0, 0.05) is 23.2 Å². The molecule has 2 heterocycles. The van der Waals surface area contributed by atoms with Crippen LogP contribution in [0.5, 0.6) is 5.75 Å². The van der Waals surface area contributed by atoms with Crippen molar-refractivity contribution >= 4 is 22.4 Å². The lowest BCUT2D eigenvalue weighted by Gasteiger charge is -2.13. The Bertz CT molecular complexity index is 1410. The molecule has 0 aliphatic carbocycles. The maximum Gasteiger partial charge on any atom is 0.141 e. The zero-order valence-electron chi connectivity index (χ0n) is 20.6. The van der Waals surface area contributed by atoms with E-state index < -0.39 is 0 Å². The maximum atomic E-state index is 5.91. The Hall–Kier alpha value is -4.23. The van der Waals surface area contributed by atoms with Crippen LogP contribution in [0.4, 0.5) is 11.5 Å². The van der Waals surface area contributed by atoms with E-state index in [0.29, 0.717) is 6.61 Å². The number of ether oxygens (including phenoxy) is 1. The van der Waals surface area contributed by atoms with Crippen LogP contribution in [0.25, 0.3) is 22.2 Å². The molecule has 182 valence electrons. The number of nitrogens with zero attached hydrogens (tertiary/aromatic N) is 5. The van der Waals surface area contributed by atoms with Crippen molar-refractivity contribution in [2.24, 2.45) is 0 Å². The monoisotopic (exact) mass is 478 g/mol. The molecule has 0 amide bonds. The third-order valence-corrected chi connectivity index (χ3v) is 6.01. The highest BCUT2D eigenvalue weighted by Crippen LogP contribution is 2.29. The predicted octanol–water partition coefficient (Wildman–Crippen LogP) is 5.77. The lowest BCUT2D eigenvalue weighted by molar-refractivity contribution is 0.306. The Kier molecular flexibility index (Phi) is 7.19. The van der Waals surface area contributed by atoms with Gasteiger partial charge in [-0.2, -0.15) is 0 Å². The molecule has 1 N–H and O–H groups in total. The van der Waals surface area contributed by atoms with Crippen molar-refractivity contribution in [2.75, 3.05) is 26.0 Å². The minimum atomic E-state index is 0.540. The Labute approximate surface area is 211 Å². The largest absolute Gasteiger partial charge is 0.489 e. The number of fused-ring (bicyclic) bond motifs is 1. The number of benzene rings is 3. The molecule has 0 atom stereocenters. The molecule has 0 aliphatic rings.